The number of rotatable bonds is 7. The number of aromatic nitrogens is 3. The lowest BCUT2D eigenvalue weighted by atomic mass is 9.94. The molecule has 2 amide bonds. The summed E-state index contributed by atoms with van der Waals surface area (Å²) in [4.78, 5) is 20.3. The van der Waals surface area contributed by atoms with Gasteiger partial charge in [-0.3, -0.25) is 5.32 Å². The summed E-state index contributed by atoms with van der Waals surface area (Å²) in [7, 11) is 1.63. The summed E-state index contributed by atoms with van der Waals surface area (Å²) in [6.45, 7) is 3.32. The zero-order valence-electron chi connectivity index (χ0n) is 23.1. The Balaban J connectivity index is 1.30. The maximum Gasteiger partial charge on any atom is 0.320 e. The molecular weight excluding hydrogens is 512 g/mol. The molecule has 5 aromatic rings. The summed E-state index contributed by atoms with van der Waals surface area (Å²) >= 11 is 0. The molecule has 6 rings (SSSR count). The second kappa shape index (κ2) is 11.6. The van der Waals surface area contributed by atoms with Gasteiger partial charge in [-0.25, -0.2) is 14.5 Å². The lowest BCUT2D eigenvalue weighted by Crippen LogP contribution is -2.42. The first kappa shape index (κ1) is 26.1. The molecule has 1 fully saturated rings. The molecule has 0 radical (unpaired) electrons. The Bertz CT molecular complexity index is 1620. The van der Waals surface area contributed by atoms with Gasteiger partial charge >= 0.3 is 6.03 Å². The molecule has 41 heavy (non-hydrogen) atoms. The van der Waals surface area contributed by atoms with Crippen molar-refractivity contribution >= 4 is 17.5 Å². The topological polar surface area (TPSA) is 84.3 Å². The Morgan fingerprint density at radius 1 is 0.878 bits per heavy atom. The minimum Gasteiger partial charge on any atom is -0.480 e. The van der Waals surface area contributed by atoms with Gasteiger partial charge in [0.1, 0.15) is 5.82 Å². The number of hydrogen-bond acceptors (Lipinski definition) is 5. The van der Waals surface area contributed by atoms with Gasteiger partial charge in [-0.15, -0.1) is 0 Å². The number of methoxy groups -OCH3 is 1. The zero-order valence-corrected chi connectivity index (χ0v) is 23.1. The fourth-order valence-electron chi connectivity index (χ4n) is 5.55. The monoisotopic (exact) mass is 544 g/mol. The first-order valence-corrected chi connectivity index (χ1v) is 13.7. The number of carbonyl (C=O) groups excluding carboxylic acids is 1. The van der Waals surface area contributed by atoms with E-state index in [0.717, 1.165) is 34.7 Å². The van der Waals surface area contributed by atoms with Gasteiger partial charge < -0.3 is 15.0 Å². The number of nitrogens with zero attached hydrogens (tertiary/aromatic N) is 4. The van der Waals surface area contributed by atoms with Crippen molar-refractivity contribution in [1.29, 1.82) is 0 Å². The van der Waals surface area contributed by atoms with E-state index in [1.165, 1.54) is 5.56 Å². The predicted molar refractivity (Wildman–Crippen MR) is 162 cm³/mol. The maximum atomic E-state index is 13.7. The molecule has 3 heterocycles. The van der Waals surface area contributed by atoms with Crippen LogP contribution in [0.5, 0.6) is 5.88 Å². The molecule has 8 heteroatoms. The zero-order chi connectivity index (χ0) is 28.2. The minimum absolute atomic E-state index is 0.0758. The largest absolute Gasteiger partial charge is 0.480 e. The van der Waals surface area contributed by atoms with Gasteiger partial charge in [0.25, 0.3) is 0 Å². The molecule has 2 N–H and O–H groups in total. The molecule has 1 aliphatic rings. The molecular formula is C33H32N6O2. The molecule has 0 unspecified atom stereocenters. The van der Waals surface area contributed by atoms with Crippen molar-refractivity contribution < 1.29 is 9.53 Å². The van der Waals surface area contributed by atoms with Crippen LogP contribution in [0, 0.1) is 6.92 Å². The highest BCUT2D eigenvalue weighted by atomic mass is 16.5. The van der Waals surface area contributed by atoms with Crippen LogP contribution in [0.2, 0.25) is 0 Å². The van der Waals surface area contributed by atoms with Crippen LogP contribution < -0.4 is 20.3 Å². The van der Waals surface area contributed by atoms with E-state index in [-0.39, 0.29) is 18.0 Å². The van der Waals surface area contributed by atoms with Crippen LogP contribution in [0.1, 0.15) is 17.0 Å². The van der Waals surface area contributed by atoms with E-state index in [1.54, 1.807) is 18.0 Å². The van der Waals surface area contributed by atoms with E-state index < -0.39 is 0 Å². The van der Waals surface area contributed by atoms with Crippen molar-refractivity contribution in [3.05, 3.63) is 120 Å². The molecule has 2 aromatic heterocycles. The van der Waals surface area contributed by atoms with Crippen molar-refractivity contribution in [2.75, 3.05) is 30.4 Å². The summed E-state index contributed by atoms with van der Waals surface area (Å²) in [6, 6.07) is 33.6. The number of pyridine rings is 1. The van der Waals surface area contributed by atoms with Crippen molar-refractivity contribution in [1.82, 2.24) is 20.1 Å². The second-order valence-corrected chi connectivity index (χ2v) is 10.1. The number of urea groups is 1. The average molecular weight is 545 g/mol. The maximum absolute atomic E-state index is 13.7. The number of nitrogens with one attached hydrogen (secondary N) is 2. The molecule has 206 valence electrons. The quantitative estimate of drug-likeness (QED) is 0.261. The summed E-state index contributed by atoms with van der Waals surface area (Å²) in [5, 5.41) is 11.3. The molecule has 0 spiro atoms. The van der Waals surface area contributed by atoms with Gasteiger partial charge in [-0.2, -0.15) is 5.10 Å². The molecule has 8 nitrogen and oxygen atoms in total. The fraction of sp³-hybridized carbons (Fsp3) is 0.182. The predicted octanol–water partition coefficient (Wildman–Crippen LogP) is 6.05. The molecule has 2 atom stereocenters. The van der Waals surface area contributed by atoms with Crippen LogP contribution in [0.3, 0.4) is 0 Å². The number of amides is 2. The Kier molecular flexibility index (Phi) is 7.36. The van der Waals surface area contributed by atoms with Gasteiger partial charge in [-0.1, -0.05) is 78.9 Å². The number of benzene rings is 3. The number of ether oxygens (including phenoxy) is 1. The average Bonchev–Trinajstić information content (AvgIpc) is 3.59. The first-order valence-electron chi connectivity index (χ1n) is 13.7. The van der Waals surface area contributed by atoms with Crippen molar-refractivity contribution in [2.45, 2.75) is 18.9 Å². The Labute approximate surface area is 239 Å². The minimum atomic E-state index is -0.282. The lowest BCUT2D eigenvalue weighted by molar-refractivity contribution is 0.248. The van der Waals surface area contributed by atoms with E-state index in [2.05, 4.69) is 32.7 Å². The van der Waals surface area contributed by atoms with Crippen LogP contribution >= 0.6 is 0 Å². The van der Waals surface area contributed by atoms with E-state index in [4.69, 9.17) is 9.84 Å². The van der Waals surface area contributed by atoms with E-state index in [9.17, 15) is 4.79 Å². The fourth-order valence-corrected chi connectivity index (χ4v) is 5.55. The molecule has 1 aliphatic heterocycles. The Morgan fingerprint density at radius 3 is 2.27 bits per heavy atom. The third-order valence-corrected chi connectivity index (χ3v) is 7.55. The summed E-state index contributed by atoms with van der Waals surface area (Å²) < 4.78 is 7.34. The highest BCUT2D eigenvalue weighted by molar-refractivity contribution is 5.91. The normalized spacial score (nSPS) is 16.4. The van der Waals surface area contributed by atoms with Crippen LogP contribution in [0.15, 0.2) is 109 Å². The summed E-state index contributed by atoms with van der Waals surface area (Å²) in [5.74, 6) is 1.28. The lowest BCUT2D eigenvalue weighted by Gasteiger charge is -2.21. The Hall–Kier alpha value is -5.11. The van der Waals surface area contributed by atoms with E-state index >= 15 is 0 Å². The van der Waals surface area contributed by atoms with Crippen molar-refractivity contribution in [3.63, 3.8) is 0 Å². The van der Waals surface area contributed by atoms with Crippen molar-refractivity contribution in [2.24, 2.45) is 0 Å². The molecule has 0 bridgehead atoms. The third kappa shape index (κ3) is 5.36. The Morgan fingerprint density at radius 2 is 1.56 bits per heavy atom. The van der Waals surface area contributed by atoms with Gasteiger partial charge in [-0.05, 0) is 36.8 Å². The third-order valence-electron chi connectivity index (χ3n) is 7.55. The van der Waals surface area contributed by atoms with Crippen LogP contribution in [0.4, 0.5) is 16.3 Å². The molecule has 0 saturated carbocycles. The van der Waals surface area contributed by atoms with Crippen LogP contribution in [-0.2, 0) is 0 Å². The number of hydrogen-bond donors (Lipinski definition) is 2. The highest BCUT2D eigenvalue weighted by Crippen LogP contribution is 2.35. The highest BCUT2D eigenvalue weighted by Gasteiger charge is 2.36. The molecule has 0 aliphatic carbocycles. The van der Waals surface area contributed by atoms with E-state index in [1.807, 2.05) is 97.9 Å². The number of anilines is 2. The van der Waals surface area contributed by atoms with Crippen LogP contribution in [-0.4, -0.2) is 47.0 Å². The number of para-hydroxylation sites is 1. The smallest absolute Gasteiger partial charge is 0.320 e. The van der Waals surface area contributed by atoms with Gasteiger partial charge in [0, 0.05) is 36.3 Å². The standard InChI is InChI=1S/C33H32N6O2/c1-23-30(25-15-8-4-9-16-25)37-39(26-17-10-5-11-18-26)31(23)36-33(40)35-28-22-38(29-19-12-20-34-32(29)41-2)21-27(28)24-13-6-3-7-14-24/h3-20,27-28H,21-22H2,1-2H3,(H2,35,36,40)/t27-,28+/m0/s1. The second-order valence-electron chi connectivity index (χ2n) is 10.1. The van der Waals surface area contributed by atoms with Gasteiger partial charge in [0.2, 0.25) is 5.88 Å². The van der Waals surface area contributed by atoms with Crippen LogP contribution in [0.25, 0.3) is 16.9 Å². The van der Waals surface area contributed by atoms with E-state index in [0.29, 0.717) is 18.2 Å². The summed E-state index contributed by atoms with van der Waals surface area (Å²) in [5.41, 5.74) is 5.65. The molecule has 1 saturated heterocycles. The first-order chi connectivity index (χ1) is 20.1. The van der Waals surface area contributed by atoms with Gasteiger partial charge in [0.15, 0.2) is 0 Å². The molecule has 3 aromatic carbocycles. The summed E-state index contributed by atoms with van der Waals surface area (Å²) in [6.07, 6.45) is 1.72. The SMILES string of the molecule is COc1ncccc1N1C[C@@H](NC(=O)Nc2c(C)c(-c3ccccc3)nn2-c2ccccc2)[C@H](c2ccccc2)C1. The number of carbonyl (C=O) groups is 1. The van der Waals surface area contributed by atoms with Gasteiger partial charge in [0.05, 0.1) is 30.2 Å². The van der Waals surface area contributed by atoms with Crippen molar-refractivity contribution in [3.8, 4) is 22.8 Å².